The summed E-state index contributed by atoms with van der Waals surface area (Å²) in [7, 11) is 0. The van der Waals surface area contributed by atoms with Crippen molar-refractivity contribution in [2.24, 2.45) is 11.3 Å². The second-order valence-corrected chi connectivity index (χ2v) is 11.4. The van der Waals surface area contributed by atoms with E-state index in [0.717, 1.165) is 62.9 Å². The van der Waals surface area contributed by atoms with Crippen molar-refractivity contribution in [3.05, 3.63) is 59.7 Å². The van der Waals surface area contributed by atoms with Gasteiger partial charge in [0.05, 0.1) is 25.2 Å². The number of benzene rings is 2. The number of carbonyl (C=O) groups is 1. The normalized spacial score (nSPS) is 22.9. The van der Waals surface area contributed by atoms with E-state index in [4.69, 9.17) is 4.74 Å². The molecule has 6 nitrogen and oxygen atoms in total. The second kappa shape index (κ2) is 9.97. The van der Waals surface area contributed by atoms with Crippen molar-refractivity contribution in [3.63, 3.8) is 0 Å². The lowest BCUT2D eigenvalue weighted by Crippen LogP contribution is -2.56. The standard InChI is InChI=1S/C30H36N4O2/c31-17-27(18-32-29(35)26-15-30(16-26)20-36-21-30)25-7-5-24(6-8-25)23-3-1-22(2-4-23)19-33-11-13-34(14-12-33)28-9-10-28/h1-8,26-28H,9-16,18-21H2,(H,32,35)/t27-/m1/s1. The largest absolute Gasteiger partial charge is 0.380 e. The van der Waals surface area contributed by atoms with Crippen molar-refractivity contribution in [2.45, 2.75) is 44.2 Å². The van der Waals surface area contributed by atoms with Gasteiger partial charge in [-0.1, -0.05) is 48.5 Å². The summed E-state index contributed by atoms with van der Waals surface area (Å²) in [4.78, 5) is 17.7. The van der Waals surface area contributed by atoms with Crippen molar-refractivity contribution in [3.8, 4) is 17.2 Å². The summed E-state index contributed by atoms with van der Waals surface area (Å²) in [5, 5.41) is 12.7. The van der Waals surface area contributed by atoms with Gasteiger partial charge < -0.3 is 10.1 Å². The fourth-order valence-corrected chi connectivity index (χ4v) is 6.08. The van der Waals surface area contributed by atoms with Crippen molar-refractivity contribution >= 4 is 5.91 Å². The number of hydrogen-bond donors (Lipinski definition) is 1. The molecule has 36 heavy (non-hydrogen) atoms. The third-order valence-corrected chi connectivity index (χ3v) is 8.66. The summed E-state index contributed by atoms with van der Waals surface area (Å²) in [5.41, 5.74) is 4.91. The van der Waals surface area contributed by atoms with Crippen molar-refractivity contribution in [1.82, 2.24) is 15.1 Å². The lowest BCUT2D eigenvalue weighted by molar-refractivity contribution is -0.183. The Bertz CT molecular complexity index is 1100. The molecule has 188 valence electrons. The van der Waals surface area contributed by atoms with Crippen LogP contribution in [-0.2, 0) is 16.1 Å². The number of piperazine rings is 1. The minimum atomic E-state index is -0.341. The van der Waals surface area contributed by atoms with E-state index >= 15 is 0 Å². The van der Waals surface area contributed by atoms with Crippen molar-refractivity contribution in [2.75, 3.05) is 45.9 Å². The SMILES string of the molecule is N#C[C@H](CNC(=O)C1CC2(COC2)C1)c1ccc(-c2ccc(CN3CCN(C4CC4)CC3)cc2)cc1. The smallest absolute Gasteiger partial charge is 0.223 e. The molecule has 2 aliphatic heterocycles. The summed E-state index contributed by atoms with van der Waals surface area (Å²) < 4.78 is 5.29. The number of amides is 1. The molecule has 1 amide bonds. The average Bonchev–Trinajstić information content (AvgIpc) is 3.70. The monoisotopic (exact) mass is 484 g/mol. The molecule has 0 unspecified atom stereocenters. The second-order valence-electron chi connectivity index (χ2n) is 11.4. The van der Waals surface area contributed by atoms with Gasteiger partial charge in [-0.05, 0) is 47.9 Å². The number of nitrogens with one attached hydrogen (secondary N) is 1. The van der Waals surface area contributed by atoms with Gasteiger partial charge in [-0.25, -0.2) is 0 Å². The maximum absolute atomic E-state index is 12.5. The van der Waals surface area contributed by atoms with Crippen LogP contribution in [0, 0.1) is 22.7 Å². The molecule has 4 aliphatic rings. The molecule has 2 heterocycles. The predicted molar refractivity (Wildman–Crippen MR) is 139 cm³/mol. The quantitative estimate of drug-likeness (QED) is 0.618. The summed E-state index contributed by atoms with van der Waals surface area (Å²) >= 11 is 0. The highest BCUT2D eigenvalue weighted by molar-refractivity contribution is 5.80. The molecule has 6 rings (SSSR count). The summed E-state index contributed by atoms with van der Waals surface area (Å²) in [6.07, 6.45) is 4.63. The fourth-order valence-electron chi connectivity index (χ4n) is 6.08. The van der Waals surface area contributed by atoms with E-state index in [0.29, 0.717) is 6.54 Å². The number of nitrogens with zero attached hydrogens (tertiary/aromatic N) is 3. The predicted octanol–water partition coefficient (Wildman–Crippen LogP) is 3.78. The zero-order chi connectivity index (χ0) is 24.5. The van der Waals surface area contributed by atoms with Gasteiger partial charge in [0.1, 0.15) is 0 Å². The van der Waals surface area contributed by atoms with Crippen molar-refractivity contribution < 1.29 is 9.53 Å². The zero-order valence-electron chi connectivity index (χ0n) is 21.0. The number of ether oxygens (including phenoxy) is 1. The van der Waals surface area contributed by atoms with Crippen LogP contribution in [0.4, 0.5) is 0 Å². The molecule has 0 aromatic heterocycles. The van der Waals surface area contributed by atoms with Crippen LogP contribution in [0.3, 0.4) is 0 Å². The number of carbonyl (C=O) groups excluding carboxylic acids is 1. The lowest BCUT2D eigenvalue weighted by atomic mass is 9.60. The molecule has 1 atom stereocenters. The lowest BCUT2D eigenvalue weighted by Gasteiger charge is -2.52. The fraction of sp³-hybridized carbons (Fsp3) is 0.533. The molecule has 2 saturated carbocycles. The number of hydrogen-bond acceptors (Lipinski definition) is 5. The Hall–Kier alpha value is -2.72. The zero-order valence-corrected chi connectivity index (χ0v) is 21.0. The Morgan fingerprint density at radius 3 is 2.19 bits per heavy atom. The molecule has 4 fully saturated rings. The minimum Gasteiger partial charge on any atom is -0.380 e. The van der Waals surface area contributed by atoms with Gasteiger partial charge in [0, 0.05) is 56.6 Å². The van der Waals surface area contributed by atoms with Crippen molar-refractivity contribution in [1.29, 1.82) is 5.26 Å². The van der Waals surface area contributed by atoms with Gasteiger partial charge in [-0.3, -0.25) is 14.6 Å². The summed E-state index contributed by atoms with van der Waals surface area (Å²) in [6.45, 7) is 7.71. The molecule has 2 aromatic carbocycles. The Labute approximate surface area is 214 Å². The van der Waals surface area contributed by atoms with Crippen LogP contribution in [0.1, 0.15) is 42.7 Å². The number of rotatable bonds is 8. The van der Waals surface area contributed by atoms with Gasteiger partial charge in [0.2, 0.25) is 5.91 Å². The highest BCUT2D eigenvalue weighted by atomic mass is 16.5. The maximum atomic E-state index is 12.5. The topological polar surface area (TPSA) is 68.6 Å². The Morgan fingerprint density at radius 2 is 1.64 bits per heavy atom. The molecular weight excluding hydrogens is 448 g/mol. The Balaban J connectivity index is 0.993. The van der Waals surface area contributed by atoms with E-state index in [2.05, 4.69) is 57.6 Å². The first-order valence-electron chi connectivity index (χ1n) is 13.5. The Morgan fingerprint density at radius 1 is 1.00 bits per heavy atom. The molecule has 1 spiro atoms. The molecule has 1 N–H and O–H groups in total. The Kier molecular flexibility index (Phi) is 6.55. The summed E-state index contributed by atoms with van der Waals surface area (Å²) in [5.74, 6) is -0.188. The van der Waals surface area contributed by atoms with E-state index in [1.807, 2.05) is 12.1 Å². The molecule has 0 radical (unpaired) electrons. The molecule has 2 saturated heterocycles. The van der Waals surface area contributed by atoms with Crippen LogP contribution in [0.5, 0.6) is 0 Å². The first kappa shape index (κ1) is 23.7. The van der Waals surface area contributed by atoms with Crippen LogP contribution in [0.2, 0.25) is 0 Å². The molecule has 2 aliphatic carbocycles. The van der Waals surface area contributed by atoms with Gasteiger partial charge in [-0.15, -0.1) is 0 Å². The van der Waals surface area contributed by atoms with E-state index in [1.165, 1.54) is 37.1 Å². The molecule has 0 bridgehead atoms. The van der Waals surface area contributed by atoms with Crippen LogP contribution in [-0.4, -0.2) is 67.7 Å². The highest BCUT2D eigenvalue weighted by Gasteiger charge is 2.52. The van der Waals surface area contributed by atoms with E-state index in [1.54, 1.807) is 0 Å². The van der Waals surface area contributed by atoms with E-state index < -0.39 is 0 Å². The van der Waals surface area contributed by atoms with Gasteiger partial charge >= 0.3 is 0 Å². The van der Waals surface area contributed by atoms with Crippen LogP contribution in [0.15, 0.2) is 48.5 Å². The third kappa shape index (κ3) is 5.06. The minimum absolute atomic E-state index is 0.0749. The molecular formula is C30H36N4O2. The third-order valence-electron chi connectivity index (χ3n) is 8.66. The molecule has 2 aromatic rings. The van der Waals surface area contributed by atoms with Gasteiger partial charge in [-0.2, -0.15) is 5.26 Å². The van der Waals surface area contributed by atoms with Gasteiger partial charge in [0.25, 0.3) is 0 Å². The van der Waals surface area contributed by atoms with E-state index in [9.17, 15) is 10.1 Å². The molecule has 6 heteroatoms. The van der Waals surface area contributed by atoms with Gasteiger partial charge in [0.15, 0.2) is 0 Å². The first-order chi connectivity index (χ1) is 17.6. The number of nitriles is 1. The van der Waals surface area contributed by atoms with Crippen LogP contribution >= 0.6 is 0 Å². The van der Waals surface area contributed by atoms with E-state index in [-0.39, 0.29) is 23.2 Å². The first-order valence-corrected chi connectivity index (χ1v) is 13.5. The average molecular weight is 485 g/mol. The van der Waals surface area contributed by atoms with Crippen LogP contribution < -0.4 is 5.32 Å². The van der Waals surface area contributed by atoms with Crippen LogP contribution in [0.25, 0.3) is 11.1 Å². The highest BCUT2D eigenvalue weighted by Crippen LogP contribution is 2.50. The maximum Gasteiger partial charge on any atom is 0.223 e. The summed E-state index contributed by atoms with van der Waals surface area (Å²) in [6, 6.07) is 20.3.